The van der Waals surface area contributed by atoms with E-state index in [0.717, 1.165) is 0 Å². The topological polar surface area (TPSA) is 98.0 Å². The summed E-state index contributed by atoms with van der Waals surface area (Å²) in [7, 11) is 0. The van der Waals surface area contributed by atoms with Crippen LogP contribution in [0.1, 0.15) is 15.9 Å². The van der Waals surface area contributed by atoms with Crippen LogP contribution in [0.4, 0.5) is 11.4 Å². The quantitative estimate of drug-likeness (QED) is 0.251. The molecule has 0 aliphatic carbocycles. The second-order valence-electron chi connectivity index (χ2n) is 5.83. The number of hydrogen-bond donors (Lipinski definition) is 4. The van der Waals surface area contributed by atoms with Gasteiger partial charge in [-0.15, -0.1) is 0 Å². The Morgan fingerprint density at radius 2 is 1.04 bits per heavy atom. The molecular formula is C19H22N2O5+2. The molecule has 26 heavy (non-hydrogen) atoms. The van der Waals surface area contributed by atoms with Crippen LogP contribution >= 0.6 is 0 Å². The summed E-state index contributed by atoms with van der Waals surface area (Å²) in [5.41, 5.74) is 1.12. The second-order valence-corrected chi connectivity index (χ2v) is 5.83. The van der Waals surface area contributed by atoms with Crippen LogP contribution in [0.25, 0.3) is 0 Å². The molecule has 0 aliphatic rings. The first-order chi connectivity index (χ1) is 12.2. The minimum atomic E-state index is -1.34. The first-order valence-electron chi connectivity index (χ1n) is 7.86. The van der Waals surface area contributed by atoms with Crippen molar-refractivity contribution in [1.82, 2.24) is 9.62 Å². The van der Waals surface area contributed by atoms with Gasteiger partial charge in [-0.25, -0.2) is 0 Å². The fourth-order valence-electron chi connectivity index (χ4n) is 2.44. The number of hydrogen-bond acceptors (Lipinski definition) is 5. The summed E-state index contributed by atoms with van der Waals surface area (Å²) in [5.74, 6) is -0.279. The van der Waals surface area contributed by atoms with Gasteiger partial charge in [0.25, 0.3) is 0 Å². The van der Waals surface area contributed by atoms with Crippen molar-refractivity contribution in [1.29, 1.82) is 0 Å². The maximum atomic E-state index is 12.5. The van der Waals surface area contributed by atoms with Gasteiger partial charge in [0.1, 0.15) is 0 Å². The lowest BCUT2D eigenvalue weighted by molar-refractivity contribution is -0.284. The van der Waals surface area contributed by atoms with E-state index in [1.54, 1.807) is 0 Å². The number of hydroxylamine groups is 4. The van der Waals surface area contributed by atoms with Crippen molar-refractivity contribution in [3.05, 3.63) is 85.0 Å². The highest BCUT2D eigenvalue weighted by atomic mass is 16.8. The minimum Gasteiger partial charge on any atom is -0.289 e. The molecule has 2 aromatic carbocycles. The lowest BCUT2D eigenvalue weighted by Gasteiger charge is -2.19. The van der Waals surface area contributed by atoms with E-state index < -0.39 is 9.62 Å². The van der Waals surface area contributed by atoms with Crippen LogP contribution < -0.4 is 9.62 Å². The van der Waals surface area contributed by atoms with Crippen molar-refractivity contribution >= 4 is 17.2 Å². The molecule has 0 saturated carbocycles. The Hall–Kier alpha value is -2.65. The van der Waals surface area contributed by atoms with E-state index in [4.69, 9.17) is 0 Å². The van der Waals surface area contributed by atoms with Gasteiger partial charge in [-0.05, 0) is 46.0 Å². The predicted octanol–water partition coefficient (Wildman–Crippen LogP) is 3.46. The number of ketones is 1. The Morgan fingerprint density at radius 1 is 0.731 bits per heavy atom. The van der Waals surface area contributed by atoms with Crippen molar-refractivity contribution < 1.29 is 25.6 Å². The number of carbonyl (C=O) groups excluding carboxylic acids is 1. The van der Waals surface area contributed by atoms with Crippen LogP contribution in [0.15, 0.2) is 73.8 Å². The fourth-order valence-corrected chi connectivity index (χ4v) is 2.44. The molecule has 0 heterocycles. The van der Waals surface area contributed by atoms with Gasteiger partial charge in [0.05, 0.1) is 0 Å². The van der Waals surface area contributed by atoms with Gasteiger partial charge in [0.2, 0.25) is 0 Å². The van der Waals surface area contributed by atoms with Crippen molar-refractivity contribution in [2.24, 2.45) is 0 Å². The average molecular weight is 358 g/mol. The highest BCUT2D eigenvalue weighted by molar-refractivity contribution is 6.09. The summed E-state index contributed by atoms with van der Waals surface area (Å²) in [4.78, 5) is 9.84. The molecule has 0 aromatic heterocycles. The van der Waals surface area contributed by atoms with E-state index in [1.807, 2.05) is 0 Å². The zero-order valence-electron chi connectivity index (χ0n) is 14.2. The zero-order chi connectivity index (χ0) is 19.4. The molecule has 7 heteroatoms. The molecular weight excluding hydrogens is 336 g/mol. The molecule has 0 unspecified atom stereocenters. The van der Waals surface area contributed by atoms with Crippen LogP contribution in [0, 0.1) is 0 Å². The summed E-state index contributed by atoms with van der Waals surface area (Å²) in [6, 6.07) is 11.7. The van der Waals surface area contributed by atoms with Crippen molar-refractivity contribution in [3.63, 3.8) is 0 Å². The van der Waals surface area contributed by atoms with Gasteiger partial charge < -0.3 is 0 Å². The third-order valence-corrected chi connectivity index (χ3v) is 3.85. The van der Waals surface area contributed by atoms with Gasteiger partial charge in [0.15, 0.2) is 30.2 Å². The van der Waals surface area contributed by atoms with Crippen molar-refractivity contribution in [2.75, 3.05) is 13.1 Å². The third kappa shape index (κ3) is 4.30. The lowest BCUT2D eigenvalue weighted by atomic mass is 10.0. The van der Waals surface area contributed by atoms with E-state index >= 15 is 0 Å². The Kier molecular flexibility index (Phi) is 5.83. The number of nitrogens with zero attached hydrogens (tertiary/aromatic N) is 2. The number of quaternary nitrogens is 2. The van der Waals surface area contributed by atoms with E-state index in [9.17, 15) is 25.6 Å². The first-order valence-corrected chi connectivity index (χ1v) is 7.86. The summed E-state index contributed by atoms with van der Waals surface area (Å²) in [5, 5.41) is 39.5. The maximum Gasteiger partial charge on any atom is 0.199 e. The minimum absolute atomic E-state index is 0.0955. The Morgan fingerprint density at radius 3 is 1.31 bits per heavy atom. The summed E-state index contributed by atoms with van der Waals surface area (Å²) in [6.45, 7) is 6.73. The standard InChI is InChI=1S/C19H22N2O5/c1-3-13-20(23,24)17-9-5-15(6-10-17)19(22)16-7-11-18(12-8-16)21(25,26)14-4-2/h3-12,23-26H,1-2,13-14H2/q+2. The molecule has 7 nitrogen and oxygen atoms in total. The van der Waals surface area contributed by atoms with Crippen LogP contribution in [-0.2, 0) is 0 Å². The fraction of sp³-hybridized carbons (Fsp3) is 0.105. The van der Waals surface area contributed by atoms with Gasteiger partial charge in [-0.2, -0.15) is 20.8 Å². The number of rotatable bonds is 8. The van der Waals surface area contributed by atoms with E-state index in [0.29, 0.717) is 11.1 Å². The molecule has 0 aliphatic heterocycles. The summed E-state index contributed by atoms with van der Waals surface area (Å²) in [6.07, 6.45) is 2.74. The molecule has 0 atom stereocenters. The lowest BCUT2D eigenvalue weighted by Crippen LogP contribution is -2.42. The highest BCUT2D eigenvalue weighted by Gasteiger charge is 2.26. The van der Waals surface area contributed by atoms with Crippen LogP contribution in [0.5, 0.6) is 0 Å². The molecule has 4 N–H and O–H groups in total. The van der Waals surface area contributed by atoms with Crippen LogP contribution in [0.3, 0.4) is 0 Å². The van der Waals surface area contributed by atoms with Crippen LogP contribution in [0.2, 0.25) is 0 Å². The third-order valence-electron chi connectivity index (χ3n) is 3.85. The predicted molar refractivity (Wildman–Crippen MR) is 97.2 cm³/mol. The van der Waals surface area contributed by atoms with Crippen molar-refractivity contribution in [2.45, 2.75) is 0 Å². The zero-order valence-corrected chi connectivity index (χ0v) is 14.2. The van der Waals surface area contributed by atoms with E-state index in [2.05, 4.69) is 13.2 Å². The molecule has 136 valence electrons. The van der Waals surface area contributed by atoms with Gasteiger partial charge in [-0.1, -0.05) is 13.2 Å². The Balaban J connectivity index is 2.21. The van der Waals surface area contributed by atoms with Gasteiger partial charge >= 0.3 is 0 Å². The monoisotopic (exact) mass is 358 g/mol. The molecule has 2 aromatic rings. The van der Waals surface area contributed by atoms with E-state index in [1.165, 1.54) is 60.7 Å². The molecule has 0 bridgehead atoms. The largest absolute Gasteiger partial charge is 0.289 e. The van der Waals surface area contributed by atoms with Gasteiger partial charge in [-0.3, -0.25) is 4.79 Å². The molecule has 0 spiro atoms. The normalized spacial score (nSPS) is 11.8. The summed E-state index contributed by atoms with van der Waals surface area (Å²) < 4.78 is 0. The molecule has 0 saturated heterocycles. The maximum absolute atomic E-state index is 12.5. The number of carbonyl (C=O) groups is 1. The Bertz CT molecular complexity index is 728. The molecule has 0 radical (unpaired) electrons. The molecule has 0 amide bonds. The second kappa shape index (κ2) is 7.71. The summed E-state index contributed by atoms with van der Waals surface area (Å²) >= 11 is 0. The smallest absolute Gasteiger partial charge is 0.199 e. The average Bonchev–Trinajstić information content (AvgIpc) is 2.61. The van der Waals surface area contributed by atoms with Gasteiger partial charge in [0, 0.05) is 35.4 Å². The first kappa shape index (κ1) is 19.7. The van der Waals surface area contributed by atoms with E-state index in [-0.39, 0.29) is 30.2 Å². The number of benzene rings is 2. The molecule has 2 rings (SSSR count). The highest BCUT2D eigenvalue weighted by Crippen LogP contribution is 2.23. The van der Waals surface area contributed by atoms with Crippen LogP contribution in [-0.4, -0.2) is 39.7 Å². The van der Waals surface area contributed by atoms with Crippen molar-refractivity contribution in [3.8, 4) is 0 Å². The SMILES string of the molecule is C=CC[N+](O)(O)c1ccc(C(=O)c2ccc([N+](O)(O)CC=C)cc2)cc1. The molecule has 0 fully saturated rings. The Labute approximate surface area is 151 Å².